The summed E-state index contributed by atoms with van der Waals surface area (Å²) in [4.78, 5) is 38.0. The van der Waals surface area contributed by atoms with Crippen molar-refractivity contribution in [2.24, 2.45) is 0 Å². The monoisotopic (exact) mass is 470 g/mol. The van der Waals surface area contributed by atoms with Crippen LogP contribution in [0.5, 0.6) is 0 Å². The number of halogens is 2. The maximum absolute atomic E-state index is 13.3. The van der Waals surface area contributed by atoms with Gasteiger partial charge in [0.15, 0.2) is 11.4 Å². The number of fused-ring (bicyclic) bond motifs is 1. The zero-order valence-corrected chi connectivity index (χ0v) is 18.0. The van der Waals surface area contributed by atoms with Gasteiger partial charge in [0.1, 0.15) is 0 Å². The second-order valence-electron chi connectivity index (χ2n) is 7.42. The fraction of sp³-hybridized carbons (Fsp3) is 0.130. The molecule has 1 amide bonds. The van der Waals surface area contributed by atoms with Gasteiger partial charge in [0.05, 0.1) is 33.6 Å². The third-order valence-electron chi connectivity index (χ3n) is 5.36. The first kappa shape index (κ1) is 22.0. The number of benzene rings is 3. The summed E-state index contributed by atoms with van der Waals surface area (Å²) in [5.74, 6) is -1.25. The number of amides is 1. The molecule has 162 valence electrons. The number of para-hydroxylation sites is 1. The minimum atomic E-state index is -2.10. The number of carbonyl (C=O) groups excluding carboxylic acids is 2. The van der Waals surface area contributed by atoms with Crippen molar-refractivity contribution >= 4 is 46.3 Å². The highest BCUT2D eigenvalue weighted by atomic mass is 35.5. The van der Waals surface area contributed by atoms with Crippen molar-refractivity contribution in [1.82, 2.24) is 0 Å². The van der Waals surface area contributed by atoms with E-state index in [-0.39, 0.29) is 17.8 Å². The van der Waals surface area contributed by atoms with Crippen LogP contribution in [-0.4, -0.2) is 21.7 Å². The predicted molar refractivity (Wildman–Crippen MR) is 120 cm³/mol. The molecule has 7 nitrogen and oxygen atoms in total. The maximum atomic E-state index is 13.3. The number of rotatable bonds is 6. The third kappa shape index (κ3) is 3.86. The van der Waals surface area contributed by atoms with E-state index in [4.69, 9.17) is 23.2 Å². The topological polar surface area (TPSA) is 101 Å². The molecule has 0 aromatic heterocycles. The van der Waals surface area contributed by atoms with Crippen LogP contribution < -0.4 is 4.90 Å². The number of nitrogens with zero attached hydrogens (tertiary/aromatic N) is 2. The summed E-state index contributed by atoms with van der Waals surface area (Å²) in [6, 6.07) is 16.8. The van der Waals surface area contributed by atoms with Crippen LogP contribution in [0.1, 0.15) is 27.9 Å². The number of nitro benzene ring substituents is 1. The lowest BCUT2D eigenvalue weighted by Gasteiger charge is -2.23. The Kier molecular flexibility index (Phi) is 5.73. The minimum Gasteiger partial charge on any atom is -0.375 e. The Labute approximate surface area is 193 Å². The van der Waals surface area contributed by atoms with Crippen LogP contribution in [0.3, 0.4) is 0 Å². The number of hydrogen-bond acceptors (Lipinski definition) is 5. The molecule has 0 aliphatic carbocycles. The molecule has 0 fully saturated rings. The molecule has 9 heteroatoms. The number of anilines is 1. The largest absolute Gasteiger partial charge is 0.375 e. The Bertz CT molecular complexity index is 1260. The molecular weight excluding hydrogens is 455 g/mol. The van der Waals surface area contributed by atoms with E-state index < -0.39 is 28.6 Å². The normalized spacial score (nSPS) is 17.3. The highest BCUT2D eigenvalue weighted by Crippen LogP contribution is 2.43. The molecule has 0 bridgehead atoms. The van der Waals surface area contributed by atoms with Gasteiger partial charge >= 0.3 is 0 Å². The SMILES string of the molecule is O=C(C[C@@]1(O)C(=O)N(Cc2ccc(Cl)c(Cl)c2)c2ccccc21)c1cccc([N+](=O)[O-])c1. The summed E-state index contributed by atoms with van der Waals surface area (Å²) in [6.07, 6.45) is -0.554. The summed E-state index contributed by atoms with van der Waals surface area (Å²) in [5, 5.41) is 23.1. The number of aliphatic hydroxyl groups is 1. The number of nitro groups is 1. The van der Waals surface area contributed by atoms with Crippen LogP contribution in [0.2, 0.25) is 10.0 Å². The van der Waals surface area contributed by atoms with Gasteiger partial charge in [-0.15, -0.1) is 0 Å². The zero-order chi connectivity index (χ0) is 23.0. The second-order valence-corrected chi connectivity index (χ2v) is 8.24. The number of Topliss-reactive ketones (excluding diaryl/α,β-unsaturated/α-hetero) is 1. The summed E-state index contributed by atoms with van der Waals surface area (Å²) < 4.78 is 0. The van der Waals surface area contributed by atoms with E-state index in [0.717, 1.165) is 6.07 Å². The van der Waals surface area contributed by atoms with E-state index in [9.17, 15) is 24.8 Å². The second kappa shape index (κ2) is 8.35. The van der Waals surface area contributed by atoms with Crippen molar-refractivity contribution < 1.29 is 19.6 Å². The van der Waals surface area contributed by atoms with Crippen molar-refractivity contribution in [2.45, 2.75) is 18.6 Å². The van der Waals surface area contributed by atoms with Gasteiger partial charge < -0.3 is 10.0 Å². The Morgan fingerprint density at radius 1 is 1.03 bits per heavy atom. The molecule has 0 radical (unpaired) electrons. The number of non-ortho nitro benzene ring substituents is 1. The molecule has 0 saturated heterocycles. The lowest BCUT2D eigenvalue weighted by atomic mass is 9.88. The van der Waals surface area contributed by atoms with Crippen LogP contribution >= 0.6 is 23.2 Å². The molecule has 1 heterocycles. The minimum absolute atomic E-state index is 0.0424. The lowest BCUT2D eigenvalue weighted by Crippen LogP contribution is -2.41. The Morgan fingerprint density at radius 2 is 1.78 bits per heavy atom. The van der Waals surface area contributed by atoms with E-state index in [1.807, 2.05) is 0 Å². The Morgan fingerprint density at radius 3 is 2.50 bits per heavy atom. The van der Waals surface area contributed by atoms with Gasteiger partial charge in [0, 0.05) is 23.3 Å². The van der Waals surface area contributed by atoms with Crippen molar-refractivity contribution in [3.63, 3.8) is 0 Å². The predicted octanol–water partition coefficient (Wildman–Crippen LogP) is 4.91. The van der Waals surface area contributed by atoms with Gasteiger partial charge in [-0.1, -0.05) is 59.6 Å². The molecule has 1 atom stereocenters. The van der Waals surface area contributed by atoms with Crippen molar-refractivity contribution in [3.8, 4) is 0 Å². The van der Waals surface area contributed by atoms with Crippen LogP contribution in [0.15, 0.2) is 66.7 Å². The molecule has 0 spiro atoms. The number of hydrogen-bond donors (Lipinski definition) is 1. The molecule has 0 saturated carbocycles. The average Bonchev–Trinajstić information content (AvgIpc) is 2.98. The molecule has 1 aliphatic rings. The molecule has 1 aliphatic heterocycles. The summed E-state index contributed by atoms with van der Waals surface area (Å²) in [6.45, 7) is 0.111. The van der Waals surface area contributed by atoms with E-state index in [2.05, 4.69) is 0 Å². The first-order valence-corrected chi connectivity index (χ1v) is 10.3. The lowest BCUT2D eigenvalue weighted by molar-refractivity contribution is -0.384. The fourth-order valence-corrected chi connectivity index (χ4v) is 4.10. The number of carbonyl (C=O) groups is 2. The van der Waals surface area contributed by atoms with Crippen molar-refractivity contribution in [1.29, 1.82) is 0 Å². The van der Waals surface area contributed by atoms with E-state index >= 15 is 0 Å². The highest BCUT2D eigenvalue weighted by Gasteiger charge is 2.50. The van der Waals surface area contributed by atoms with E-state index in [1.54, 1.807) is 42.5 Å². The number of ketones is 1. The quantitative estimate of drug-likeness (QED) is 0.313. The van der Waals surface area contributed by atoms with E-state index in [1.165, 1.54) is 23.1 Å². The average molecular weight is 471 g/mol. The molecule has 3 aromatic rings. The Balaban J connectivity index is 1.67. The summed E-state index contributed by atoms with van der Waals surface area (Å²) in [5.41, 5.74) is -0.851. The summed E-state index contributed by atoms with van der Waals surface area (Å²) in [7, 11) is 0. The highest BCUT2D eigenvalue weighted by molar-refractivity contribution is 6.42. The van der Waals surface area contributed by atoms with Gasteiger partial charge in [-0.2, -0.15) is 0 Å². The maximum Gasteiger partial charge on any atom is 0.270 e. The fourth-order valence-electron chi connectivity index (χ4n) is 3.78. The van der Waals surface area contributed by atoms with Crippen LogP contribution in [0.25, 0.3) is 0 Å². The van der Waals surface area contributed by atoms with Gasteiger partial charge in [0.2, 0.25) is 0 Å². The van der Waals surface area contributed by atoms with Crippen LogP contribution in [0, 0.1) is 10.1 Å². The third-order valence-corrected chi connectivity index (χ3v) is 6.10. The van der Waals surface area contributed by atoms with Gasteiger partial charge in [-0.25, -0.2) is 0 Å². The van der Waals surface area contributed by atoms with Gasteiger partial charge in [0.25, 0.3) is 11.6 Å². The standard InChI is InChI=1S/C23H16Cl2N2O5/c24-18-9-8-14(10-19(18)25)13-26-20-7-2-1-6-17(20)23(30,22(26)29)12-21(28)15-4-3-5-16(11-15)27(31)32/h1-11,30H,12-13H2/t23-/m0/s1. The van der Waals surface area contributed by atoms with Gasteiger partial charge in [-0.05, 0) is 23.8 Å². The first-order valence-electron chi connectivity index (χ1n) is 9.56. The van der Waals surface area contributed by atoms with Gasteiger partial charge in [-0.3, -0.25) is 19.7 Å². The first-order chi connectivity index (χ1) is 15.2. The van der Waals surface area contributed by atoms with Crippen molar-refractivity contribution in [2.75, 3.05) is 4.90 Å². The Hall–Kier alpha value is -3.26. The van der Waals surface area contributed by atoms with E-state index in [0.29, 0.717) is 26.9 Å². The van der Waals surface area contributed by atoms with Crippen LogP contribution in [0.4, 0.5) is 11.4 Å². The molecular formula is C23H16Cl2N2O5. The molecule has 4 rings (SSSR count). The smallest absolute Gasteiger partial charge is 0.270 e. The van der Waals surface area contributed by atoms with Crippen molar-refractivity contribution in [3.05, 3.63) is 104 Å². The molecule has 1 N–H and O–H groups in total. The van der Waals surface area contributed by atoms with Crippen LogP contribution in [-0.2, 0) is 16.9 Å². The molecule has 32 heavy (non-hydrogen) atoms. The zero-order valence-electron chi connectivity index (χ0n) is 16.5. The molecule has 0 unspecified atom stereocenters. The molecule has 3 aromatic carbocycles. The summed E-state index contributed by atoms with van der Waals surface area (Å²) >= 11 is 12.1.